The van der Waals surface area contributed by atoms with Gasteiger partial charge in [-0.05, 0) is 45.6 Å². The molecule has 12 heteroatoms. The fraction of sp³-hybridized carbons (Fsp3) is 0.524. The van der Waals surface area contributed by atoms with Crippen LogP contribution in [0.15, 0.2) is 20.9 Å². The Labute approximate surface area is 200 Å². The van der Waals surface area contributed by atoms with Gasteiger partial charge in [0.15, 0.2) is 5.13 Å². The number of nitrogens with zero attached hydrogens (tertiary/aromatic N) is 4. The Kier molecular flexibility index (Phi) is 6.10. The van der Waals surface area contributed by atoms with Crippen molar-refractivity contribution in [3.05, 3.63) is 27.9 Å². The first-order valence-corrected chi connectivity index (χ1v) is 14.1. The molecule has 176 valence electrons. The number of rotatable bonds is 6. The van der Waals surface area contributed by atoms with E-state index in [4.69, 9.17) is 4.52 Å². The number of aromatic nitrogens is 3. The van der Waals surface area contributed by atoms with Crippen molar-refractivity contribution >= 4 is 43.7 Å². The van der Waals surface area contributed by atoms with Gasteiger partial charge >= 0.3 is 0 Å². The van der Waals surface area contributed by atoms with Crippen molar-refractivity contribution in [3.63, 3.8) is 0 Å². The highest BCUT2D eigenvalue weighted by molar-refractivity contribution is 7.89. The van der Waals surface area contributed by atoms with Gasteiger partial charge in [0.25, 0.3) is 0 Å². The van der Waals surface area contributed by atoms with E-state index in [0.717, 1.165) is 18.5 Å². The van der Waals surface area contributed by atoms with E-state index in [0.29, 0.717) is 51.9 Å². The molecule has 1 saturated carbocycles. The van der Waals surface area contributed by atoms with Gasteiger partial charge in [0.1, 0.15) is 0 Å². The number of piperidine rings is 1. The van der Waals surface area contributed by atoms with Crippen molar-refractivity contribution in [3.8, 4) is 10.7 Å². The van der Waals surface area contributed by atoms with Gasteiger partial charge in [-0.1, -0.05) is 11.6 Å². The third-order valence-corrected chi connectivity index (χ3v) is 10.3. The summed E-state index contributed by atoms with van der Waals surface area (Å²) in [6, 6.07) is 1.63. The lowest BCUT2D eigenvalue weighted by molar-refractivity contribution is -0.120. The molecular weight excluding hydrogens is 482 g/mol. The Morgan fingerprint density at radius 3 is 2.73 bits per heavy atom. The summed E-state index contributed by atoms with van der Waals surface area (Å²) in [5.41, 5.74) is 0.841. The zero-order valence-electron chi connectivity index (χ0n) is 18.4. The van der Waals surface area contributed by atoms with Crippen LogP contribution in [0.4, 0.5) is 5.13 Å². The van der Waals surface area contributed by atoms with Gasteiger partial charge in [0.05, 0.1) is 21.4 Å². The summed E-state index contributed by atoms with van der Waals surface area (Å²) in [4.78, 5) is 23.1. The zero-order chi connectivity index (χ0) is 23.2. The summed E-state index contributed by atoms with van der Waals surface area (Å²) in [6.07, 6.45) is 4.54. The number of thiophene rings is 1. The lowest BCUT2D eigenvalue weighted by atomic mass is 9.85. The van der Waals surface area contributed by atoms with Crippen molar-refractivity contribution in [2.75, 3.05) is 18.4 Å². The van der Waals surface area contributed by atoms with Crippen molar-refractivity contribution in [1.29, 1.82) is 0 Å². The molecule has 2 fully saturated rings. The van der Waals surface area contributed by atoms with Crippen molar-refractivity contribution in [2.45, 2.75) is 56.8 Å². The quantitative estimate of drug-likeness (QED) is 0.532. The number of hydrogen-bond donors (Lipinski definition) is 1. The molecule has 0 radical (unpaired) electrons. The molecule has 9 nitrogen and oxygen atoms in total. The van der Waals surface area contributed by atoms with Crippen LogP contribution in [-0.4, -0.2) is 46.8 Å². The van der Waals surface area contributed by atoms with Crippen LogP contribution in [0.3, 0.4) is 0 Å². The highest BCUT2D eigenvalue weighted by Gasteiger charge is 2.35. The molecule has 0 bridgehead atoms. The fourth-order valence-corrected chi connectivity index (χ4v) is 7.82. The monoisotopic (exact) mass is 507 g/mol. The first-order valence-electron chi connectivity index (χ1n) is 11.0. The van der Waals surface area contributed by atoms with Crippen molar-refractivity contribution in [2.24, 2.45) is 5.92 Å². The highest BCUT2D eigenvalue weighted by atomic mass is 32.2. The van der Waals surface area contributed by atoms with E-state index in [9.17, 15) is 13.2 Å². The molecule has 1 N–H and O–H groups in total. The third-order valence-electron chi connectivity index (χ3n) is 6.21. The molecule has 0 spiro atoms. The van der Waals surface area contributed by atoms with Gasteiger partial charge in [-0.2, -0.15) is 9.29 Å². The number of sulfonamides is 1. The third kappa shape index (κ3) is 4.48. The second kappa shape index (κ2) is 8.90. The standard InChI is InChI=1S/C21H25N5O4S3/c1-12-11-31-21(22-12)24-19(27)15-7-4-8-26(10-15)33(28,29)17-9-16(32-13(17)2)18-23-20(30-25-18)14-5-3-6-14/h9,11,14-15H,3-8,10H2,1-2H3,(H,22,24,27). The van der Waals surface area contributed by atoms with Gasteiger partial charge in [-0.3, -0.25) is 4.79 Å². The maximum Gasteiger partial charge on any atom is 0.244 e. The number of carbonyl (C=O) groups is 1. The summed E-state index contributed by atoms with van der Waals surface area (Å²) in [6.45, 7) is 4.19. The van der Waals surface area contributed by atoms with Crippen molar-refractivity contribution in [1.82, 2.24) is 19.4 Å². The van der Waals surface area contributed by atoms with Gasteiger partial charge in [0.2, 0.25) is 27.6 Å². The van der Waals surface area contributed by atoms with Gasteiger partial charge < -0.3 is 9.84 Å². The Morgan fingerprint density at radius 2 is 2.03 bits per heavy atom. The molecule has 3 aromatic heterocycles. The average molecular weight is 508 g/mol. The molecule has 1 saturated heterocycles. The number of carbonyl (C=O) groups excluding carboxylic acids is 1. The molecular formula is C21H25N5O4S3. The summed E-state index contributed by atoms with van der Waals surface area (Å²) in [5.74, 6) is 0.772. The summed E-state index contributed by atoms with van der Waals surface area (Å²) in [5, 5.41) is 9.30. The molecule has 1 aliphatic carbocycles. The fourth-order valence-electron chi connectivity index (χ4n) is 4.12. The number of thiazole rings is 1. The minimum atomic E-state index is -3.75. The molecule has 2 aliphatic rings. The van der Waals surface area contributed by atoms with Crippen LogP contribution in [0.25, 0.3) is 10.7 Å². The summed E-state index contributed by atoms with van der Waals surface area (Å²) >= 11 is 2.71. The van der Waals surface area contributed by atoms with E-state index in [1.165, 1.54) is 33.4 Å². The predicted molar refractivity (Wildman–Crippen MR) is 126 cm³/mol. The second-order valence-corrected chi connectivity index (χ2v) is 12.6. The molecule has 1 atom stereocenters. The van der Waals surface area contributed by atoms with Gasteiger partial charge in [-0.25, -0.2) is 13.4 Å². The van der Waals surface area contributed by atoms with E-state index in [2.05, 4.69) is 20.4 Å². The van der Waals surface area contributed by atoms with E-state index in [1.807, 2.05) is 12.3 Å². The maximum absolute atomic E-state index is 13.5. The first kappa shape index (κ1) is 22.6. The first-order chi connectivity index (χ1) is 15.8. The number of amides is 1. The van der Waals surface area contributed by atoms with Crippen LogP contribution in [0.5, 0.6) is 0 Å². The van der Waals surface area contributed by atoms with E-state index >= 15 is 0 Å². The second-order valence-electron chi connectivity index (χ2n) is 8.60. The smallest absolute Gasteiger partial charge is 0.244 e. The molecule has 5 rings (SSSR count). The minimum Gasteiger partial charge on any atom is -0.339 e. The molecule has 3 aromatic rings. The SMILES string of the molecule is Cc1csc(NC(=O)C2CCCN(S(=O)(=O)c3cc(-c4noc(C5CCC5)n4)sc3C)C2)n1. The Balaban J connectivity index is 1.32. The Hall–Kier alpha value is -2.15. The predicted octanol–water partition coefficient (Wildman–Crippen LogP) is 4.18. The largest absolute Gasteiger partial charge is 0.339 e. The molecule has 1 amide bonds. The molecule has 1 aliphatic heterocycles. The van der Waals surface area contributed by atoms with E-state index in [-0.39, 0.29) is 17.3 Å². The van der Waals surface area contributed by atoms with Crippen LogP contribution >= 0.6 is 22.7 Å². The molecule has 1 unspecified atom stereocenters. The van der Waals surface area contributed by atoms with Gasteiger partial charge in [0, 0.05) is 29.3 Å². The van der Waals surface area contributed by atoms with Crippen LogP contribution in [0.2, 0.25) is 0 Å². The van der Waals surface area contributed by atoms with Crippen LogP contribution < -0.4 is 5.32 Å². The number of aryl methyl sites for hydroxylation is 2. The molecule has 0 aromatic carbocycles. The number of hydrogen-bond acceptors (Lipinski definition) is 9. The average Bonchev–Trinajstić information content (AvgIpc) is 3.47. The van der Waals surface area contributed by atoms with Crippen LogP contribution in [-0.2, 0) is 14.8 Å². The lowest BCUT2D eigenvalue weighted by Gasteiger charge is -2.31. The highest BCUT2D eigenvalue weighted by Crippen LogP contribution is 2.38. The van der Waals surface area contributed by atoms with E-state index < -0.39 is 15.9 Å². The summed E-state index contributed by atoms with van der Waals surface area (Å²) < 4.78 is 33.8. The normalized spacial score (nSPS) is 20.0. The summed E-state index contributed by atoms with van der Waals surface area (Å²) in [7, 11) is -3.75. The number of nitrogens with one attached hydrogen (secondary N) is 1. The zero-order valence-corrected chi connectivity index (χ0v) is 20.9. The lowest BCUT2D eigenvalue weighted by Crippen LogP contribution is -2.43. The van der Waals surface area contributed by atoms with Crippen LogP contribution in [0, 0.1) is 19.8 Å². The Bertz CT molecular complexity index is 1270. The maximum atomic E-state index is 13.5. The van der Waals surface area contributed by atoms with Crippen molar-refractivity contribution < 1.29 is 17.7 Å². The Morgan fingerprint density at radius 1 is 1.21 bits per heavy atom. The van der Waals surface area contributed by atoms with Crippen LogP contribution in [0.1, 0.15) is 54.5 Å². The molecule has 4 heterocycles. The topological polar surface area (TPSA) is 118 Å². The van der Waals surface area contributed by atoms with E-state index in [1.54, 1.807) is 13.0 Å². The molecule has 33 heavy (non-hydrogen) atoms. The minimum absolute atomic E-state index is 0.150. The van der Waals surface area contributed by atoms with Gasteiger partial charge in [-0.15, -0.1) is 22.7 Å². The number of anilines is 1.